The molecule has 0 fully saturated rings. The van der Waals surface area contributed by atoms with Crippen LogP contribution in [0.25, 0.3) is 22.6 Å². The fraction of sp³-hybridized carbons (Fsp3) is 0.222. The lowest BCUT2D eigenvalue weighted by Crippen LogP contribution is -3.00. The molecule has 0 radical (unpaired) electrons. The molecule has 0 bridgehead atoms. The van der Waals surface area contributed by atoms with Crippen molar-refractivity contribution in [2.75, 3.05) is 11.4 Å². The molecule has 154 valence electrons. The monoisotopic (exact) mass is 508 g/mol. The molecule has 0 N–H and O–H groups in total. The minimum atomic E-state index is 0. The number of hydrogen-bond acceptors (Lipinski definition) is 1. The highest BCUT2D eigenvalue weighted by Crippen LogP contribution is 2.35. The van der Waals surface area contributed by atoms with Gasteiger partial charge in [0.25, 0.3) is 0 Å². The Labute approximate surface area is 197 Å². The van der Waals surface area contributed by atoms with Crippen LogP contribution in [0.2, 0.25) is 0 Å². The minimum absolute atomic E-state index is 0. The van der Waals surface area contributed by atoms with Crippen LogP contribution in [0, 0.1) is 6.92 Å². The van der Waals surface area contributed by atoms with Gasteiger partial charge in [0.2, 0.25) is 11.2 Å². The number of aryl methyl sites for hydroxylation is 2. The molecule has 0 unspecified atom stereocenters. The number of nitrogens with zero attached hydrogens (tertiary/aromatic N) is 2. The van der Waals surface area contributed by atoms with Crippen LogP contribution >= 0.6 is 0 Å². The van der Waals surface area contributed by atoms with E-state index in [-0.39, 0.29) is 24.0 Å². The highest BCUT2D eigenvalue weighted by molar-refractivity contribution is 5.88. The van der Waals surface area contributed by atoms with Gasteiger partial charge in [0.05, 0.1) is 0 Å². The third-order valence-electron chi connectivity index (χ3n) is 5.77. The van der Waals surface area contributed by atoms with E-state index in [9.17, 15) is 0 Å². The van der Waals surface area contributed by atoms with Gasteiger partial charge in [0.15, 0.2) is 0 Å². The normalized spacial score (nSPS) is 14.7. The number of rotatable bonds is 4. The first-order chi connectivity index (χ1) is 14.1. The van der Waals surface area contributed by atoms with Crippen molar-refractivity contribution in [3.63, 3.8) is 0 Å². The Kier molecular flexibility index (Phi) is 7.14. The Balaban J connectivity index is 0.00000256. The maximum atomic E-state index is 2.38. The maximum absolute atomic E-state index is 2.38. The van der Waals surface area contributed by atoms with Gasteiger partial charge in [-0.15, -0.1) is 0 Å². The molecule has 2 aromatic carbocycles. The van der Waals surface area contributed by atoms with Crippen molar-refractivity contribution in [2.45, 2.75) is 34.2 Å². The second-order valence-electron chi connectivity index (χ2n) is 7.54. The Bertz CT molecular complexity index is 1150. The summed E-state index contributed by atoms with van der Waals surface area (Å²) in [7, 11) is 0. The van der Waals surface area contributed by atoms with Crippen molar-refractivity contribution in [2.24, 2.45) is 0 Å². The summed E-state index contributed by atoms with van der Waals surface area (Å²) in [6.07, 6.45) is 8.94. The molecule has 0 spiro atoms. The molecular weight excluding hydrogens is 479 g/mol. The van der Waals surface area contributed by atoms with Crippen LogP contribution in [-0.4, -0.2) is 6.54 Å². The summed E-state index contributed by atoms with van der Waals surface area (Å²) in [4.78, 5) is 2.37. The van der Waals surface area contributed by atoms with Gasteiger partial charge in [-0.1, -0.05) is 42.5 Å². The number of allylic oxidation sites excluding steroid dienone is 5. The lowest BCUT2D eigenvalue weighted by Gasteiger charge is -2.31. The number of pyridine rings is 1. The molecule has 2 heterocycles. The number of para-hydroxylation sites is 2. The molecule has 0 aliphatic carbocycles. The van der Waals surface area contributed by atoms with E-state index in [4.69, 9.17) is 0 Å². The van der Waals surface area contributed by atoms with Crippen molar-refractivity contribution in [1.82, 2.24) is 0 Å². The van der Waals surface area contributed by atoms with Gasteiger partial charge in [0, 0.05) is 47.1 Å². The lowest BCUT2D eigenvalue weighted by molar-refractivity contribution is -0.669. The number of hydrogen-bond donors (Lipinski definition) is 0. The van der Waals surface area contributed by atoms with Gasteiger partial charge in [-0.05, 0) is 57.0 Å². The zero-order valence-electron chi connectivity index (χ0n) is 18.2. The Morgan fingerprint density at radius 3 is 2.47 bits per heavy atom. The predicted octanol–water partition coefficient (Wildman–Crippen LogP) is 3.30. The minimum Gasteiger partial charge on any atom is -1.00 e. The van der Waals surface area contributed by atoms with Crippen molar-refractivity contribution in [3.8, 4) is 0 Å². The summed E-state index contributed by atoms with van der Waals surface area (Å²) in [6, 6.07) is 19.6. The number of halogens is 1. The average molecular weight is 508 g/mol. The first-order valence-corrected chi connectivity index (χ1v) is 10.5. The van der Waals surface area contributed by atoms with E-state index < -0.39 is 0 Å². The van der Waals surface area contributed by atoms with Crippen LogP contribution in [-0.2, 0) is 6.54 Å². The molecule has 4 rings (SSSR count). The van der Waals surface area contributed by atoms with Gasteiger partial charge in [0.1, 0.15) is 6.54 Å². The fourth-order valence-electron chi connectivity index (χ4n) is 4.38. The highest BCUT2D eigenvalue weighted by Gasteiger charge is 2.18. The van der Waals surface area contributed by atoms with E-state index in [0.717, 1.165) is 13.1 Å². The summed E-state index contributed by atoms with van der Waals surface area (Å²) in [6.45, 7) is 10.7. The van der Waals surface area contributed by atoms with E-state index in [1.165, 1.54) is 44.7 Å². The topological polar surface area (TPSA) is 7.12 Å². The molecule has 0 atom stereocenters. The van der Waals surface area contributed by atoms with E-state index in [1.54, 1.807) is 0 Å². The van der Waals surface area contributed by atoms with Crippen LogP contribution in [0.3, 0.4) is 0 Å². The first kappa shape index (κ1) is 22.3. The highest BCUT2D eigenvalue weighted by atomic mass is 127. The molecule has 1 aromatic heterocycles. The summed E-state index contributed by atoms with van der Waals surface area (Å²) < 4.78 is 2.38. The largest absolute Gasteiger partial charge is 1.00 e. The summed E-state index contributed by atoms with van der Waals surface area (Å²) >= 11 is 0. The molecule has 0 saturated carbocycles. The third kappa shape index (κ3) is 4.08. The Morgan fingerprint density at radius 1 is 0.967 bits per heavy atom. The standard InChI is InChI=1S/C27H29N2.HI/c1-5-28-21(4)19-22(25-15-8-10-17-27(25)28)12-11-13-23-18-20(3)24-14-7-9-16-26(24)29(23)6-2;/h7-19H,5-6H2,1-4H3;1H/q+1;/p-1. The second kappa shape index (κ2) is 9.61. The first-order valence-electron chi connectivity index (χ1n) is 10.5. The molecule has 0 amide bonds. The van der Waals surface area contributed by atoms with E-state index in [2.05, 4.69) is 116 Å². The molecule has 0 saturated heterocycles. The van der Waals surface area contributed by atoms with Gasteiger partial charge >= 0.3 is 0 Å². The summed E-state index contributed by atoms with van der Waals surface area (Å²) in [5.41, 5.74) is 8.98. The summed E-state index contributed by atoms with van der Waals surface area (Å²) in [5.74, 6) is 0. The van der Waals surface area contributed by atoms with E-state index >= 15 is 0 Å². The lowest BCUT2D eigenvalue weighted by atomic mass is 9.97. The van der Waals surface area contributed by atoms with Crippen molar-refractivity contribution >= 4 is 28.2 Å². The Morgan fingerprint density at radius 2 is 1.70 bits per heavy atom. The zero-order chi connectivity index (χ0) is 20.4. The summed E-state index contributed by atoms with van der Waals surface area (Å²) in [5, 5.41) is 1.32. The van der Waals surface area contributed by atoms with Crippen LogP contribution in [0.1, 0.15) is 37.6 Å². The van der Waals surface area contributed by atoms with Gasteiger partial charge in [-0.3, -0.25) is 0 Å². The smallest absolute Gasteiger partial charge is 0.213 e. The number of anilines is 1. The number of aromatic nitrogens is 1. The van der Waals surface area contributed by atoms with Crippen molar-refractivity contribution < 1.29 is 28.5 Å². The Hall–Kier alpha value is -2.40. The third-order valence-corrected chi connectivity index (χ3v) is 5.77. The van der Waals surface area contributed by atoms with Crippen LogP contribution in [0.4, 0.5) is 5.69 Å². The number of fused-ring (bicyclic) bond motifs is 2. The predicted molar refractivity (Wildman–Crippen MR) is 125 cm³/mol. The average Bonchev–Trinajstić information content (AvgIpc) is 2.74. The quantitative estimate of drug-likeness (QED) is 0.388. The van der Waals surface area contributed by atoms with Crippen LogP contribution < -0.4 is 33.4 Å². The molecule has 3 aromatic rings. The molecule has 3 heteroatoms. The molecule has 2 nitrogen and oxygen atoms in total. The van der Waals surface area contributed by atoms with Gasteiger partial charge in [-0.25, -0.2) is 0 Å². The van der Waals surface area contributed by atoms with Gasteiger partial charge in [-0.2, -0.15) is 4.57 Å². The maximum Gasteiger partial charge on any atom is 0.213 e. The number of benzene rings is 2. The van der Waals surface area contributed by atoms with Gasteiger partial charge < -0.3 is 28.9 Å². The van der Waals surface area contributed by atoms with Crippen molar-refractivity contribution in [3.05, 3.63) is 95.3 Å². The van der Waals surface area contributed by atoms with Crippen LogP contribution in [0.15, 0.2) is 78.5 Å². The zero-order valence-corrected chi connectivity index (χ0v) is 20.3. The molecule has 1 aliphatic rings. The molecule has 1 aliphatic heterocycles. The second-order valence-corrected chi connectivity index (χ2v) is 7.54. The molecule has 30 heavy (non-hydrogen) atoms. The van der Waals surface area contributed by atoms with E-state index in [1.807, 2.05) is 0 Å². The molecular formula is C27H29IN2. The van der Waals surface area contributed by atoms with E-state index in [0.29, 0.717) is 0 Å². The van der Waals surface area contributed by atoms with Crippen LogP contribution in [0.5, 0.6) is 0 Å². The fourth-order valence-corrected chi connectivity index (χ4v) is 4.38. The van der Waals surface area contributed by atoms with Crippen molar-refractivity contribution in [1.29, 1.82) is 0 Å². The SMILES string of the molecule is CCN1C(C)=CC(=CC=Cc2cc(C)c3ccccc3[n+]2CC)c2ccccc21.[I-].